The Bertz CT molecular complexity index is 1170. The summed E-state index contributed by atoms with van der Waals surface area (Å²) < 4.78 is 39.5. The lowest BCUT2D eigenvalue weighted by molar-refractivity contribution is -0.137. The van der Waals surface area contributed by atoms with E-state index in [4.69, 9.17) is 0 Å². The summed E-state index contributed by atoms with van der Waals surface area (Å²) in [5.41, 5.74) is 1.64. The van der Waals surface area contributed by atoms with Gasteiger partial charge in [0, 0.05) is 43.8 Å². The van der Waals surface area contributed by atoms with Crippen molar-refractivity contribution in [1.29, 1.82) is 0 Å². The maximum atomic E-state index is 13.2. The van der Waals surface area contributed by atoms with E-state index in [1.54, 1.807) is 6.07 Å². The molecule has 3 aromatic rings. The SMILES string of the molecule is C[C@@H](Nc1nnnc2ccc(N3CCN(CC4CCNCC4)CC3)cc12)c1cccc(C(F)(F)F)c1. The zero-order chi connectivity index (χ0) is 25.1. The van der Waals surface area contributed by atoms with Crippen LogP contribution in [0.15, 0.2) is 42.5 Å². The van der Waals surface area contributed by atoms with E-state index in [1.807, 2.05) is 13.0 Å². The Morgan fingerprint density at radius 3 is 2.56 bits per heavy atom. The molecule has 2 saturated heterocycles. The first-order valence-electron chi connectivity index (χ1n) is 12.6. The Hall–Kier alpha value is -2.98. The molecule has 0 radical (unpaired) electrons. The maximum Gasteiger partial charge on any atom is 0.416 e. The van der Waals surface area contributed by atoms with E-state index in [0.29, 0.717) is 16.9 Å². The second-order valence-corrected chi connectivity index (χ2v) is 9.81. The molecule has 0 spiro atoms. The number of fused-ring (bicyclic) bond motifs is 1. The van der Waals surface area contributed by atoms with Gasteiger partial charge in [-0.25, -0.2) is 0 Å². The highest BCUT2D eigenvalue weighted by Gasteiger charge is 2.31. The van der Waals surface area contributed by atoms with Crippen LogP contribution in [0.2, 0.25) is 0 Å². The summed E-state index contributed by atoms with van der Waals surface area (Å²) in [5, 5.41) is 19.7. The maximum absolute atomic E-state index is 13.2. The summed E-state index contributed by atoms with van der Waals surface area (Å²) in [6.07, 6.45) is -1.87. The van der Waals surface area contributed by atoms with Gasteiger partial charge in [-0.05, 0) is 79.9 Å². The van der Waals surface area contributed by atoms with Crippen LogP contribution in [-0.4, -0.2) is 66.1 Å². The number of nitrogens with zero attached hydrogens (tertiary/aromatic N) is 5. The fraction of sp³-hybridized carbons (Fsp3) is 0.500. The number of aromatic nitrogens is 3. The Balaban J connectivity index is 1.29. The van der Waals surface area contributed by atoms with Gasteiger partial charge in [-0.15, -0.1) is 10.2 Å². The van der Waals surface area contributed by atoms with Crippen LogP contribution in [0.3, 0.4) is 0 Å². The fourth-order valence-corrected chi connectivity index (χ4v) is 5.16. The van der Waals surface area contributed by atoms with E-state index in [1.165, 1.54) is 31.5 Å². The van der Waals surface area contributed by atoms with E-state index >= 15 is 0 Å². The van der Waals surface area contributed by atoms with Crippen LogP contribution < -0.4 is 15.5 Å². The number of anilines is 2. The minimum atomic E-state index is -4.38. The van der Waals surface area contributed by atoms with Crippen LogP contribution in [0.25, 0.3) is 10.9 Å². The molecule has 2 fully saturated rings. The summed E-state index contributed by atoms with van der Waals surface area (Å²) in [5.74, 6) is 1.30. The summed E-state index contributed by atoms with van der Waals surface area (Å²) in [6, 6.07) is 11.0. The predicted octanol–water partition coefficient (Wildman–Crippen LogP) is 4.34. The fourth-order valence-electron chi connectivity index (χ4n) is 5.16. The zero-order valence-corrected chi connectivity index (χ0v) is 20.4. The van der Waals surface area contributed by atoms with E-state index in [0.717, 1.165) is 62.3 Å². The number of nitrogens with one attached hydrogen (secondary N) is 2. The Labute approximate surface area is 209 Å². The Morgan fingerprint density at radius 1 is 1.03 bits per heavy atom. The van der Waals surface area contributed by atoms with Crippen LogP contribution in [0, 0.1) is 5.92 Å². The number of piperidine rings is 1. The molecule has 0 aliphatic carbocycles. The first-order valence-corrected chi connectivity index (χ1v) is 12.6. The first-order chi connectivity index (χ1) is 17.4. The lowest BCUT2D eigenvalue weighted by atomic mass is 9.97. The molecule has 1 aromatic heterocycles. The number of piperazine rings is 1. The minimum absolute atomic E-state index is 0.394. The first kappa shape index (κ1) is 24.7. The van der Waals surface area contributed by atoms with Crippen molar-refractivity contribution < 1.29 is 13.2 Å². The molecule has 2 aromatic carbocycles. The second-order valence-electron chi connectivity index (χ2n) is 9.81. The molecule has 7 nitrogen and oxygen atoms in total. The van der Waals surface area contributed by atoms with Gasteiger partial charge >= 0.3 is 6.18 Å². The Kier molecular flexibility index (Phi) is 7.25. The highest BCUT2D eigenvalue weighted by molar-refractivity contribution is 5.91. The third-order valence-corrected chi connectivity index (χ3v) is 7.31. The average molecular weight is 500 g/mol. The number of hydrogen-bond acceptors (Lipinski definition) is 7. The van der Waals surface area contributed by atoms with Crippen LogP contribution in [0.1, 0.15) is 36.9 Å². The van der Waals surface area contributed by atoms with Gasteiger partial charge in [0.2, 0.25) is 0 Å². The van der Waals surface area contributed by atoms with Crippen molar-refractivity contribution in [3.8, 4) is 0 Å². The van der Waals surface area contributed by atoms with Crippen LogP contribution in [0.5, 0.6) is 0 Å². The van der Waals surface area contributed by atoms with Crippen molar-refractivity contribution in [3.63, 3.8) is 0 Å². The molecule has 36 heavy (non-hydrogen) atoms. The number of benzene rings is 2. The molecule has 1 atom stereocenters. The smallest absolute Gasteiger partial charge is 0.369 e. The number of rotatable bonds is 6. The highest BCUT2D eigenvalue weighted by Crippen LogP contribution is 2.32. The van der Waals surface area contributed by atoms with Crippen molar-refractivity contribution in [2.75, 3.05) is 56.0 Å². The normalized spacial score (nSPS) is 18.9. The zero-order valence-electron chi connectivity index (χ0n) is 20.4. The van der Waals surface area contributed by atoms with E-state index < -0.39 is 17.8 Å². The van der Waals surface area contributed by atoms with Crippen molar-refractivity contribution in [1.82, 2.24) is 25.6 Å². The molecule has 2 aliphatic heterocycles. The Morgan fingerprint density at radius 2 is 1.81 bits per heavy atom. The molecular formula is C26H32F3N7. The average Bonchev–Trinajstić information content (AvgIpc) is 2.89. The van der Waals surface area contributed by atoms with Crippen molar-refractivity contribution in [2.45, 2.75) is 32.0 Å². The topological polar surface area (TPSA) is 69.2 Å². The van der Waals surface area contributed by atoms with Gasteiger partial charge < -0.3 is 15.5 Å². The lowest BCUT2D eigenvalue weighted by Gasteiger charge is -2.38. The van der Waals surface area contributed by atoms with Gasteiger partial charge in [0.25, 0.3) is 0 Å². The molecule has 2 aliphatic rings. The molecule has 3 heterocycles. The van der Waals surface area contributed by atoms with Gasteiger partial charge in [-0.2, -0.15) is 13.2 Å². The van der Waals surface area contributed by atoms with Crippen LogP contribution >= 0.6 is 0 Å². The van der Waals surface area contributed by atoms with Gasteiger partial charge in [0.15, 0.2) is 5.82 Å². The number of halogens is 3. The van der Waals surface area contributed by atoms with Gasteiger partial charge in [0.05, 0.1) is 17.1 Å². The molecule has 0 bridgehead atoms. The van der Waals surface area contributed by atoms with E-state index in [9.17, 15) is 13.2 Å². The van der Waals surface area contributed by atoms with Crippen molar-refractivity contribution in [2.24, 2.45) is 5.92 Å². The standard InChI is InChI=1S/C26H32F3N7/c1-18(20-3-2-4-21(15-20)26(27,28)29)31-25-23-16-22(5-6-24(23)32-34-33-25)36-13-11-35(12-14-36)17-19-7-9-30-10-8-19/h2-6,15-16,18-19,30H,7-14,17H2,1H3,(H,31,32,33)/t18-/m1/s1. The van der Waals surface area contributed by atoms with Crippen molar-refractivity contribution >= 4 is 22.4 Å². The largest absolute Gasteiger partial charge is 0.416 e. The summed E-state index contributed by atoms with van der Waals surface area (Å²) in [6.45, 7) is 9.21. The second kappa shape index (κ2) is 10.6. The molecule has 0 saturated carbocycles. The minimum Gasteiger partial charge on any atom is -0.369 e. The van der Waals surface area contributed by atoms with Crippen LogP contribution in [0.4, 0.5) is 24.7 Å². The number of alkyl halides is 3. The van der Waals surface area contributed by atoms with E-state index in [-0.39, 0.29) is 0 Å². The summed E-state index contributed by atoms with van der Waals surface area (Å²) in [7, 11) is 0. The third kappa shape index (κ3) is 5.70. The molecule has 0 amide bonds. The lowest BCUT2D eigenvalue weighted by Crippen LogP contribution is -2.48. The quantitative estimate of drug-likeness (QED) is 0.523. The summed E-state index contributed by atoms with van der Waals surface area (Å²) >= 11 is 0. The molecule has 10 heteroatoms. The van der Waals surface area contributed by atoms with Crippen LogP contribution in [-0.2, 0) is 6.18 Å². The number of hydrogen-bond donors (Lipinski definition) is 2. The molecule has 5 rings (SSSR count). The molecule has 0 unspecified atom stereocenters. The van der Waals surface area contributed by atoms with Crippen molar-refractivity contribution in [3.05, 3.63) is 53.6 Å². The third-order valence-electron chi connectivity index (χ3n) is 7.31. The summed E-state index contributed by atoms with van der Waals surface area (Å²) in [4.78, 5) is 4.95. The predicted molar refractivity (Wildman–Crippen MR) is 135 cm³/mol. The van der Waals surface area contributed by atoms with Gasteiger partial charge in [0.1, 0.15) is 0 Å². The van der Waals surface area contributed by atoms with Gasteiger partial charge in [-0.1, -0.05) is 12.1 Å². The molecule has 2 N–H and O–H groups in total. The van der Waals surface area contributed by atoms with E-state index in [2.05, 4.69) is 48.0 Å². The molecule has 192 valence electrons. The highest BCUT2D eigenvalue weighted by atomic mass is 19.4. The van der Waals surface area contributed by atoms with Gasteiger partial charge in [-0.3, -0.25) is 4.90 Å². The monoisotopic (exact) mass is 499 g/mol. The molecular weight excluding hydrogens is 467 g/mol.